The number of aliphatic hydroxyl groups excluding tert-OH is 5. The molecule has 6 fully saturated rings. The van der Waals surface area contributed by atoms with Crippen molar-refractivity contribution >= 4 is 11.9 Å². The number of fused-ring (bicyclic) bond motifs is 7. The Kier molecular flexibility index (Phi) is 14.0. The molecule has 2 saturated heterocycles. The predicted molar refractivity (Wildman–Crippen MR) is 252 cm³/mol. The van der Waals surface area contributed by atoms with Gasteiger partial charge in [0.2, 0.25) is 5.91 Å². The third-order valence-corrected chi connectivity index (χ3v) is 19.6. The number of allylic oxidation sites excluding steroid dienone is 2. The van der Waals surface area contributed by atoms with Crippen molar-refractivity contribution in [3.63, 3.8) is 0 Å². The van der Waals surface area contributed by atoms with Crippen LogP contribution in [0.5, 0.6) is 0 Å². The molecule has 1 aromatic heterocycles. The molecule has 4 saturated carbocycles. The third kappa shape index (κ3) is 9.05. The van der Waals surface area contributed by atoms with Crippen LogP contribution in [-0.2, 0) is 46.1 Å². The van der Waals surface area contributed by atoms with E-state index in [1.807, 2.05) is 0 Å². The topological polar surface area (TPSA) is 224 Å². The van der Waals surface area contributed by atoms with E-state index < -0.39 is 83.7 Å². The van der Waals surface area contributed by atoms with Crippen LogP contribution < -0.4 is 5.32 Å². The van der Waals surface area contributed by atoms with Gasteiger partial charge in [-0.15, -0.1) is 5.10 Å². The molecule has 7 aliphatic rings. The number of alkyl halides is 3. The smallest absolute Gasteiger partial charge is 0.416 e. The SMILES string of the molecule is CC(=O)N[C@H]1[C@H](O[C@H]2CC[C@]3(C)[C@H]4CC=C5[C@@H]6CC(C)(C)CC[C@]6(C(=O)OCc6cn(-c7ccc(C(F)(F)F)cc7)nn6)CC[C@@]5(C)[C@]4(C)CC[C@H]3C2(C)C)O[C@H](CO[C@@H]2OC[C@H](O)[C@H](O)[C@@H]2O)[C@@H](O)[C@@H]1O. The number of nitrogens with one attached hydrogen (secondary N) is 1. The Labute approximate surface area is 419 Å². The minimum Gasteiger partial charge on any atom is -0.459 e. The molecule has 2 aromatic rings. The number of rotatable bonds is 10. The van der Waals surface area contributed by atoms with Crippen LogP contribution in [0.1, 0.15) is 131 Å². The fourth-order valence-corrected chi connectivity index (χ4v) is 15.3. The standard InChI is InChI=1S/C53H75F3N4O12/c1-28(61)57-39-42(65)41(64)35(27-69-45-43(66)40(63)34(62)26-68-45)71-44(39)72-38-16-17-49(6)36(48(38,4)5)15-18-51(8)37(49)14-13-32-33-23-47(2,3)19-21-52(33,22-20-50(32,51)7)46(67)70-25-30-24-60(59-58-30)31-11-9-29(10-12-31)53(54,55)56/h9-13,24,33-45,62-66H,14-23,25-27H2,1-8H3,(H,57,61)/t33-,34-,35+,36-,37+,38-,39+,40-,41+,42+,43-,44-,45-,49-,50+,51+,52-/m0/s1. The second-order valence-corrected chi connectivity index (χ2v) is 24.5. The zero-order valence-electron chi connectivity index (χ0n) is 42.7. The molecule has 9 rings (SSSR count). The van der Waals surface area contributed by atoms with E-state index >= 15 is 0 Å². The third-order valence-electron chi connectivity index (χ3n) is 19.6. The predicted octanol–water partition coefficient (Wildman–Crippen LogP) is 5.92. The Morgan fingerprint density at radius 1 is 0.861 bits per heavy atom. The van der Waals surface area contributed by atoms with Crippen molar-refractivity contribution in [1.29, 1.82) is 0 Å². The van der Waals surface area contributed by atoms with Gasteiger partial charge in [0.05, 0.1) is 42.2 Å². The zero-order chi connectivity index (χ0) is 52.1. The van der Waals surface area contributed by atoms with Gasteiger partial charge >= 0.3 is 12.1 Å². The molecule has 17 atom stereocenters. The monoisotopic (exact) mass is 1020 g/mol. The number of ether oxygens (including phenoxy) is 5. The molecule has 2 aliphatic heterocycles. The fraction of sp³-hybridized carbons (Fsp3) is 0.774. The number of carbonyl (C=O) groups excluding carboxylic acids is 2. The summed E-state index contributed by atoms with van der Waals surface area (Å²) in [6, 6.07) is 3.53. The van der Waals surface area contributed by atoms with Crippen molar-refractivity contribution in [3.05, 3.63) is 53.4 Å². The molecule has 0 unspecified atom stereocenters. The molecule has 3 heterocycles. The van der Waals surface area contributed by atoms with Crippen LogP contribution >= 0.6 is 0 Å². The van der Waals surface area contributed by atoms with Crippen LogP contribution in [-0.4, -0.2) is 127 Å². The molecule has 0 bridgehead atoms. The number of esters is 1. The number of hydrogen-bond donors (Lipinski definition) is 6. The molecule has 6 N–H and O–H groups in total. The number of nitrogens with zero attached hydrogens (tertiary/aromatic N) is 3. The number of aromatic nitrogens is 3. The van der Waals surface area contributed by atoms with E-state index in [2.05, 4.69) is 70.2 Å². The van der Waals surface area contributed by atoms with Crippen LogP contribution in [0.3, 0.4) is 0 Å². The molecule has 1 aromatic carbocycles. The molecular formula is C53H75F3N4O12. The first-order chi connectivity index (χ1) is 33.6. The number of aliphatic hydroxyl groups is 5. The highest BCUT2D eigenvalue weighted by Crippen LogP contribution is 2.76. The Bertz CT molecular complexity index is 2360. The van der Waals surface area contributed by atoms with Crippen LogP contribution in [0.25, 0.3) is 5.69 Å². The largest absolute Gasteiger partial charge is 0.459 e. The highest BCUT2D eigenvalue weighted by Gasteiger charge is 2.70. The van der Waals surface area contributed by atoms with Gasteiger partial charge in [-0.1, -0.05) is 65.3 Å². The van der Waals surface area contributed by atoms with Crippen molar-refractivity contribution in [3.8, 4) is 5.69 Å². The quantitative estimate of drug-likeness (QED) is 0.0924. The Balaban J connectivity index is 0.916. The van der Waals surface area contributed by atoms with Gasteiger partial charge in [-0.2, -0.15) is 13.2 Å². The molecule has 1 amide bonds. The summed E-state index contributed by atoms with van der Waals surface area (Å²) in [5, 5.41) is 64.2. The van der Waals surface area contributed by atoms with Crippen molar-refractivity contribution < 1.29 is 72.0 Å². The van der Waals surface area contributed by atoms with Gasteiger partial charge in [0.1, 0.15) is 55.0 Å². The van der Waals surface area contributed by atoms with Gasteiger partial charge in [0.15, 0.2) is 12.6 Å². The Morgan fingerprint density at radius 3 is 2.26 bits per heavy atom. The number of halogens is 3. The maximum absolute atomic E-state index is 14.7. The summed E-state index contributed by atoms with van der Waals surface area (Å²) in [6.45, 7) is 17.0. The lowest BCUT2D eigenvalue weighted by Gasteiger charge is -2.71. The van der Waals surface area contributed by atoms with E-state index in [-0.39, 0.29) is 65.4 Å². The summed E-state index contributed by atoms with van der Waals surface area (Å²) in [5.41, 5.74) is -0.0964. The van der Waals surface area contributed by atoms with E-state index in [1.165, 1.54) is 29.3 Å². The summed E-state index contributed by atoms with van der Waals surface area (Å²) in [5.74, 6) is -0.169. The lowest BCUT2D eigenvalue weighted by atomic mass is 9.33. The van der Waals surface area contributed by atoms with Gasteiger partial charge in [-0.25, -0.2) is 4.68 Å². The highest BCUT2D eigenvalue weighted by atomic mass is 19.4. The molecule has 16 nitrogen and oxygen atoms in total. The van der Waals surface area contributed by atoms with Crippen molar-refractivity contribution in [1.82, 2.24) is 20.3 Å². The van der Waals surface area contributed by atoms with E-state index in [9.17, 15) is 48.3 Å². The van der Waals surface area contributed by atoms with E-state index in [1.54, 1.807) is 6.20 Å². The number of amides is 1. The fourth-order valence-electron chi connectivity index (χ4n) is 15.3. The normalized spacial score (nSPS) is 42.4. The van der Waals surface area contributed by atoms with Gasteiger partial charge in [-0.05, 0) is 133 Å². The van der Waals surface area contributed by atoms with E-state index in [4.69, 9.17) is 23.7 Å². The van der Waals surface area contributed by atoms with Crippen molar-refractivity contribution in [2.45, 2.75) is 194 Å². The summed E-state index contributed by atoms with van der Waals surface area (Å²) in [4.78, 5) is 27.2. The number of benzene rings is 1. The van der Waals surface area contributed by atoms with Crippen LogP contribution in [0.4, 0.5) is 13.2 Å². The van der Waals surface area contributed by atoms with Gasteiger partial charge in [-0.3, -0.25) is 9.59 Å². The summed E-state index contributed by atoms with van der Waals surface area (Å²) < 4.78 is 71.5. The average molecular weight is 1020 g/mol. The van der Waals surface area contributed by atoms with Gasteiger partial charge in [0, 0.05) is 6.92 Å². The Hall–Kier alpha value is -3.53. The second-order valence-electron chi connectivity index (χ2n) is 24.5. The first-order valence-corrected chi connectivity index (χ1v) is 25.8. The zero-order valence-corrected chi connectivity index (χ0v) is 42.7. The van der Waals surface area contributed by atoms with Gasteiger partial charge in [0.25, 0.3) is 0 Å². The van der Waals surface area contributed by atoms with E-state index in [0.717, 1.165) is 57.1 Å². The number of carbonyl (C=O) groups is 2. The van der Waals surface area contributed by atoms with Crippen molar-refractivity contribution in [2.75, 3.05) is 13.2 Å². The molecular weight excluding hydrogens is 942 g/mol. The second kappa shape index (κ2) is 18.9. The molecule has 400 valence electrons. The van der Waals surface area contributed by atoms with Crippen LogP contribution in [0, 0.1) is 50.2 Å². The van der Waals surface area contributed by atoms with E-state index in [0.29, 0.717) is 36.6 Å². The minimum absolute atomic E-state index is 0.00418. The van der Waals surface area contributed by atoms with Gasteiger partial charge < -0.3 is 54.5 Å². The number of hydrogen-bond acceptors (Lipinski definition) is 14. The molecule has 0 spiro atoms. The molecule has 19 heteroatoms. The van der Waals surface area contributed by atoms with Crippen molar-refractivity contribution in [2.24, 2.45) is 50.2 Å². The highest BCUT2D eigenvalue weighted by molar-refractivity contribution is 5.79. The average Bonchev–Trinajstić information content (AvgIpc) is 3.79. The molecule has 0 radical (unpaired) electrons. The van der Waals surface area contributed by atoms with Crippen LogP contribution in [0.15, 0.2) is 42.1 Å². The summed E-state index contributed by atoms with van der Waals surface area (Å²) in [7, 11) is 0. The summed E-state index contributed by atoms with van der Waals surface area (Å²) in [6.07, 6.45) is -3.60. The maximum Gasteiger partial charge on any atom is 0.416 e. The summed E-state index contributed by atoms with van der Waals surface area (Å²) >= 11 is 0. The maximum atomic E-state index is 14.7. The minimum atomic E-state index is -4.46. The Morgan fingerprint density at radius 2 is 1.57 bits per heavy atom. The molecule has 72 heavy (non-hydrogen) atoms. The lowest BCUT2D eigenvalue weighted by Crippen LogP contribution is -2.67. The molecule has 5 aliphatic carbocycles. The lowest BCUT2D eigenvalue weighted by molar-refractivity contribution is -0.322. The first kappa shape index (κ1) is 53.3. The van der Waals surface area contributed by atoms with Crippen LogP contribution in [0.2, 0.25) is 0 Å². The first-order valence-electron chi connectivity index (χ1n) is 25.8.